The Morgan fingerprint density at radius 1 is 1.19 bits per heavy atom. The number of hydrogen-bond acceptors (Lipinski definition) is 5. The van der Waals surface area contributed by atoms with E-state index < -0.39 is 0 Å². The van der Waals surface area contributed by atoms with E-state index in [9.17, 15) is 4.79 Å². The summed E-state index contributed by atoms with van der Waals surface area (Å²) in [6.07, 6.45) is 8.43. The van der Waals surface area contributed by atoms with E-state index in [1.54, 1.807) is 24.5 Å². The Balaban J connectivity index is 1.37. The van der Waals surface area contributed by atoms with Crippen molar-refractivity contribution >= 4 is 22.6 Å². The average molecular weight is 412 g/mol. The van der Waals surface area contributed by atoms with Crippen LogP contribution in [0.25, 0.3) is 11.0 Å². The number of carbonyl (C=O) groups excluding carboxylic acids is 1. The van der Waals surface area contributed by atoms with Crippen molar-refractivity contribution in [3.63, 3.8) is 0 Å². The molecule has 3 aromatic heterocycles. The molecule has 31 heavy (non-hydrogen) atoms. The van der Waals surface area contributed by atoms with E-state index in [0.29, 0.717) is 17.8 Å². The molecule has 1 aliphatic rings. The number of nitrogens with one attached hydrogen (secondary N) is 2. The zero-order valence-corrected chi connectivity index (χ0v) is 17.4. The van der Waals surface area contributed by atoms with Gasteiger partial charge in [0, 0.05) is 18.6 Å². The van der Waals surface area contributed by atoms with Gasteiger partial charge in [-0.25, -0.2) is 4.98 Å². The van der Waals surface area contributed by atoms with Crippen molar-refractivity contribution < 1.29 is 4.79 Å². The van der Waals surface area contributed by atoms with Crippen LogP contribution in [0.1, 0.15) is 46.3 Å². The Kier molecular flexibility index (Phi) is 5.18. The minimum absolute atomic E-state index is 0.202. The SMILES string of the molecule is CN(Cc1nc2c(NC(=O)c3cccnc3)cccc2[nH]1)C1CCCc2cccnc21. The molecule has 0 bridgehead atoms. The molecule has 4 aromatic rings. The maximum absolute atomic E-state index is 12.6. The molecule has 0 spiro atoms. The molecule has 0 radical (unpaired) electrons. The summed E-state index contributed by atoms with van der Waals surface area (Å²) >= 11 is 0. The first-order chi connectivity index (χ1) is 15.2. The number of hydrogen-bond donors (Lipinski definition) is 2. The normalized spacial score (nSPS) is 15.7. The summed E-state index contributed by atoms with van der Waals surface area (Å²) in [7, 11) is 2.12. The standard InChI is InChI=1S/C24H24N6O/c1-30(20-11-2-6-16-7-5-13-26-22(16)20)15-21-27-18-9-3-10-19(23(18)29-21)28-24(31)17-8-4-12-25-14-17/h3-5,7-10,12-14,20H,2,6,11,15H2,1H3,(H,27,29)(H,28,31). The molecule has 1 amide bonds. The van der Waals surface area contributed by atoms with Crippen LogP contribution in [0.4, 0.5) is 5.69 Å². The highest BCUT2D eigenvalue weighted by Gasteiger charge is 2.25. The van der Waals surface area contributed by atoms with Crippen LogP contribution in [0.3, 0.4) is 0 Å². The predicted octanol–water partition coefficient (Wildman–Crippen LogP) is 4.11. The summed E-state index contributed by atoms with van der Waals surface area (Å²) in [5.74, 6) is 0.663. The zero-order chi connectivity index (χ0) is 21.2. The molecule has 0 saturated heterocycles. The van der Waals surface area contributed by atoms with Gasteiger partial charge in [-0.3, -0.25) is 19.7 Å². The minimum Gasteiger partial charge on any atom is -0.341 e. The van der Waals surface area contributed by atoms with E-state index in [4.69, 9.17) is 4.98 Å². The highest BCUT2D eigenvalue weighted by Crippen LogP contribution is 2.32. The molecule has 2 N–H and O–H groups in total. The van der Waals surface area contributed by atoms with E-state index in [2.05, 4.69) is 38.3 Å². The molecule has 1 aromatic carbocycles. The van der Waals surface area contributed by atoms with E-state index >= 15 is 0 Å². The summed E-state index contributed by atoms with van der Waals surface area (Å²) in [6.45, 7) is 0.672. The van der Waals surface area contributed by atoms with Gasteiger partial charge in [-0.15, -0.1) is 0 Å². The topological polar surface area (TPSA) is 86.8 Å². The number of fused-ring (bicyclic) bond motifs is 2. The predicted molar refractivity (Wildman–Crippen MR) is 120 cm³/mol. The number of rotatable bonds is 5. The van der Waals surface area contributed by atoms with Crippen LogP contribution in [0.5, 0.6) is 0 Å². The first-order valence-corrected chi connectivity index (χ1v) is 10.5. The molecule has 1 aliphatic carbocycles. The second kappa shape index (κ2) is 8.28. The van der Waals surface area contributed by atoms with Crippen LogP contribution in [0.2, 0.25) is 0 Å². The van der Waals surface area contributed by atoms with E-state index in [0.717, 1.165) is 29.7 Å². The van der Waals surface area contributed by atoms with Gasteiger partial charge in [0.25, 0.3) is 5.91 Å². The van der Waals surface area contributed by atoms with Gasteiger partial charge in [0.1, 0.15) is 11.3 Å². The highest BCUT2D eigenvalue weighted by atomic mass is 16.1. The number of carbonyl (C=O) groups is 1. The van der Waals surface area contributed by atoms with Crippen molar-refractivity contribution in [2.75, 3.05) is 12.4 Å². The Morgan fingerprint density at radius 2 is 2.10 bits per heavy atom. The highest BCUT2D eigenvalue weighted by molar-refractivity contribution is 6.07. The van der Waals surface area contributed by atoms with Crippen molar-refractivity contribution in [3.05, 3.63) is 83.7 Å². The summed E-state index contributed by atoms with van der Waals surface area (Å²) in [5.41, 5.74) is 5.37. The number of nitrogens with zero attached hydrogens (tertiary/aromatic N) is 4. The molecule has 0 fully saturated rings. The third-order valence-corrected chi connectivity index (χ3v) is 5.83. The number of H-pyrrole nitrogens is 1. The van der Waals surface area contributed by atoms with Gasteiger partial charge >= 0.3 is 0 Å². The molecule has 3 heterocycles. The number of aromatic amines is 1. The van der Waals surface area contributed by atoms with Crippen molar-refractivity contribution in [1.82, 2.24) is 24.8 Å². The molecule has 7 heteroatoms. The fourth-order valence-corrected chi connectivity index (χ4v) is 4.31. The monoisotopic (exact) mass is 412 g/mol. The molecule has 7 nitrogen and oxygen atoms in total. The molecular formula is C24H24N6O. The van der Waals surface area contributed by atoms with Crippen molar-refractivity contribution in [3.8, 4) is 0 Å². The Hall–Kier alpha value is -3.58. The summed E-state index contributed by atoms with van der Waals surface area (Å²) in [6, 6.07) is 13.7. The van der Waals surface area contributed by atoms with Gasteiger partial charge in [-0.05, 0) is 62.2 Å². The van der Waals surface area contributed by atoms with Crippen LogP contribution in [0, 0.1) is 0 Å². The second-order valence-corrected chi connectivity index (χ2v) is 7.95. The smallest absolute Gasteiger partial charge is 0.257 e. The lowest BCUT2D eigenvalue weighted by molar-refractivity contribution is 0.102. The zero-order valence-electron chi connectivity index (χ0n) is 17.4. The molecule has 0 saturated carbocycles. The van der Waals surface area contributed by atoms with Crippen molar-refractivity contribution in [1.29, 1.82) is 0 Å². The largest absolute Gasteiger partial charge is 0.341 e. The van der Waals surface area contributed by atoms with Crippen LogP contribution in [-0.4, -0.2) is 37.8 Å². The van der Waals surface area contributed by atoms with Crippen LogP contribution >= 0.6 is 0 Å². The van der Waals surface area contributed by atoms with Crippen molar-refractivity contribution in [2.45, 2.75) is 31.8 Å². The summed E-state index contributed by atoms with van der Waals surface area (Å²) in [5, 5.41) is 2.96. The van der Waals surface area contributed by atoms with Crippen LogP contribution in [0.15, 0.2) is 61.1 Å². The number of aromatic nitrogens is 4. The van der Waals surface area contributed by atoms with E-state index in [1.807, 2.05) is 30.5 Å². The number of imidazole rings is 1. The van der Waals surface area contributed by atoms with Gasteiger partial charge in [-0.1, -0.05) is 12.1 Å². The maximum atomic E-state index is 12.6. The maximum Gasteiger partial charge on any atom is 0.257 e. The van der Waals surface area contributed by atoms with Gasteiger partial charge in [0.05, 0.1) is 35.0 Å². The lowest BCUT2D eigenvalue weighted by Crippen LogP contribution is -2.28. The number of para-hydroxylation sites is 1. The van der Waals surface area contributed by atoms with Gasteiger partial charge < -0.3 is 10.3 Å². The molecule has 0 aliphatic heterocycles. The Bertz CT molecular complexity index is 1220. The average Bonchev–Trinajstić information content (AvgIpc) is 3.22. The number of anilines is 1. The fourth-order valence-electron chi connectivity index (χ4n) is 4.31. The fraction of sp³-hybridized carbons (Fsp3) is 0.250. The van der Waals surface area contributed by atoms with Gasteiger partial charge in [0.2, 0.25) is 0 Å². The molecule has 1 atom stereocenters. The number of pyridine rings is 2. The van der Waals surface area contributed by atoms with E-state index in [1.165, 1.54) is 17.7 Å². The number of aryl methyl sites for hydroxylation is 1. The van der Waals surface area contributed by atoms with Gasteiger partial charge in [0.15, 0.2) is 0 Å². The quantitative estimate of drug-likeness (QED) is 0.515. The van der Waals surface area contributed by atoms with Gasteiger partial charge in [-0.2, -0.15) is 0 Å². The Morgan fingerprint density at radius 3 is 2.97 bits per heavy atom. The Labute approximate surface area is 180 Å². The molecule has 156 valence electrons. The lowest BCUT2D eigenvalue weighted by Gasteiger charge is -2.31. The number of amides is 1. The second-order valence-electron chi connectivity index (χ2n) is 7.95. The van der Waals surface area contributed by atoms with Crippen LogP contribution < -0.4 is 5.32 Å². The minimum atomic E-state index is -0.202. The van der Waals surface area contributed by atoms with Crippen molar-refractivity contribution in [2.24, 2.45) is 0 Å². The summed E-state index contributed by atoms with van der Waals surface area (Å²) in [4.78, 5) is 31.7. The third-order valence-electron chi connectivity index (χ3n) is 5.83. The lowest BCUT2D eigenvalue weighted by atomic mass is 9.91. The molecule has 1 unspecified atom stereocenters. The third kappa shape index (κ3) is 3.92. The first kappa shape index (κ1) is 19.4. The molecular weight excluding hydrogens is 388 g/mol. The van der Waals surface area contributed by atoms with Crippen LogP contribution in [-0.2, 0) is 13.0 Å². The van der Waals surface area contributed by atoms with E-state index in [-0.39, 0.29) is 11.9 Å². The summed E-state index contributed by atoms with van der Waals surface area (Å²) < 4.78 is 0. The molecule has 5 rings (SSSR count). The first-order valence-electron chi connectivity index (χ1n) is 10.5. The number of benzene rings is 1.